The zero-order valence-electron chi connectivity index (χ0n) is 7.79. The number of halogens is 1. The lowest BCUT2D eigenvalue weighted by atomic mass is 10.2. The third kappa shape index (κ3) is 2.53. The number of anilines is 1. The van der Waals surface area contributed by atoms with Gasteiger partial charge < -0.3 is 16.3 Å². The Labute approximate surface area is 87.4 Å². The van der Waals surface area contributed by atoms with Crippen molar-refractivity contribution in [3.8, 4) is 0 Å². The van der Waals surface area contributed by atoms with Crippen molar-refractivity contribution in [1.29, 1.82) is 0 Å². The van der Waals surface area contributed by atoms with Gasteiger partial charge in [-0.15, -0.1) is 0 Å². The number of hydrogen-bond donors (Lipinski definition) is 3. The molecule has 0 aliphatic rings. The number of oxime groups is 1. The Kier molecular flexibility index (Phi) is 3.59. The molecule has 0 amide bonds. The van der Waals surface area contributed by atoms with Crippen molar-refractivity contribution in [3.63, 3.8) is 0 Å². The molecule has 0 fully saturated rings. The van der Waals surface area contributed by atoms with E-state index in [1.165, 1.54) is 0 Å². The highest BCUT2D eigenvalue weighted by Gasteiger charge is 2.02. The van der Waals surface area contributed by atoms with Crippen molar-refractivity contribution in [2.75, 3.05) is 11.9 Å². The minimum Gasteiger partial charge on any atom is -0.409 e. The molecule has 0 saturated carbocycles. The van der Waals surface area contributed by atoms with Crippen LogP contribution in [0.3, 0.4) is 0 Å². The van der Waals surface area contributed by atoms with E-state index >= 15 is 0 Å². The molecular formula is C9H12ClN3O. The van der Waals surface area contributed by atoms with E-state index in [0.29, 0.717) is 5.02 Å². The summed E-state index contributed by atoms with van der Waals surface area (Å²) in [5.41, 5.74) is 7.06. The molecule has 0 atom stereocenters. The second kappa shape index (κ2) is 4.72. The molecule has 1 rings (SSSR count). The second-order valence-electron chi connectivity index (χ2n) is 2.88. The number of nitrogens with two attached hydrogens (primary N) is 1. The van der Waals surface area contributed by atoms with Crippen molar-refractivity contribution in [1.82, 2.24) is 0 Å². The highest BCUT2D eigenvalue weighted by Crippen LogP contribution is 2.24. The van der Waals surface area contributed by atoms with Gasteiger partial charge in [0.2, 0.25) is 0 Å². The number of amidine groups is 1. The fourth-order valence-electron chi connectivity index (χ4n) is 1.01. The summed E-state index contributed by atoms with van der Waals surface area (Å²) in [7, 11) is 0. The van der Waals surface area contributed by atoms with Crippen LogP contribution in [0.4, 0.5) is 5.69 Å². The standard InChI is InChI=1S/C9H12ClN3O/c1-6-3-2-4-7(9(6)10)12-5-8(11)13-14/h2-4,12,14H,5H2,1H3,(H2,11,13). The first-order valence-corrected chi connectivity index (χ1v) is 4.48. The van der Waals surface area contributed by atoms with Crippen LogP contribution in [0.15, 0.2) is 23.4 Å². The van der Waals surface area contributed by atoms with Gasteiger partial charge in [0.15, 0.2) is 5.84 Å². The Morgan fingerprint density at radius 1 is 1.64 bits per heavy atom. The second-order valence-corrected chi connectivity index (χ2v) is 3.26. The number of rotatable bonds is 3. The largest absolute Gasteiger partial charge is 0.409 e. The van der Waals surface area contributed by atoms with Crippen LogP contribution < -0.4 is 11.1 Å². The summed E-state index contributed by atoms with van der Waals surface area (Å²) in [5, 5.41) is 14.8. The van der Waals surface area contributed by atoms with Crippen molar-refractivity contribution in [3.05, 3.63) is 28.8 Å². The van der Waals surface area contributed by atoms with E-state index < -0.39 is 0 Å². The molecule has 0 heterocycles. The Morgan fingerprint density at radius 2 is 2.36 bits per heavy atom. The molecule has 5 heteroatoms. The average molecular weight is 214 g/mol. The number of hydrogen-bond acceptors (Lipinski definition) is 3. The molecule has 0 bridgehead atoms. The topological polar surface area (TPSA) is 70.6 Å². The minimum atomic E-state index is 0.113. The first kappa shape index (κ1) is 10.7. The van der Waals surface area contributed by atoms with Gasteiger partial charge in [0.25, 0.3) is 0 Å². The molecule has 0 aromatic heterocycles. The van der Waals surface area contributed by atoms with Gasteiger partial charge in [-0.05, 0) is 18.6 Å². The zero-order chi connectivity index (χ0) is 10.6. The fourth-order valence-corrected chi connectivity index (χ4v) is 1.20. The number of nitrogens with zero attached hydrogens (tertiary/aromatic N) is 1. The van der Waals surface area contributed by atoms with Crippen LogP contribution >= 0.6 is 11.6 Å². The maximum absolute atomic E-state index is 8.33. The van der Waals surface area contributed by atoms with E-state index in [1.54, 1.807) is 0 Å². The lowest BCUT2D eigenvalue weighted by molar-refractivity contribution is 0.317. The Hall–Kier alpha value is -1.42. The highest BCUT2D eigenvalue weighted by molar-refractivity contribution is 6.34. The minimum absolute atomic E-state index is 0.113. The van der Waals surface area contributed by atoms with Crippen LogP contribution in [0.2, 0.25) is 5.02 Å². The van der Waals surface area contributed by atoms with Crippen LogP contribution in [-0.2, 0) is 0 Å². The maximum atomic E-state index is 8.33. The normalized spacial score (nSPS) is 11.4. The predicted molar refractivity (Wildman–Crippen MR) is 58.1 cm³/mol. The molecule has 1 aromatic rings. The summed E-state index contributed by atoms with van der Waals surface area (Å²) in [6.45, 7) is 2.18. The Bertz CT molecular complexity index is 352. The van der Waals surface area contributed by atoms with Crippen LogP contribution in [-0.4, -0.2) is 17.6 Å². The lowest BCUT2D eigenvalue weighted by Gasteiger charge is -2.08. The van der Waals surface area contributed by atoms with Gasteiger partial charge in [-0.3, -0.25) is 0 Å². The van der Waals surface area contributed by atoms with Crippen molar-refractivity contribution in [2.45, 2.75) is 6.92 Å². The van der Waals surface area contributed by atoms with Crippen LogP contribution in [0.5, 0.6) is 0 Å². The zero-order valence-corrected chi connectivity index (χ0v) is 8.54. The smallest absolute Gasteiger partial charge is 0.158 e. The molecule has 76 valence electrons. The molecule has 0 saturated heterocycles. The van der Waals surface area contributed by atoms with Crippen molar-refractivity contribution in [2.24, 2.45) is 10.9 Å². The monoisotopic (exact) mass is 213 g/mol. The van der Waals surface area contributed by atoms with Gasteiger partial charge >= 0.3 is 0 Å². The first-order valence-electron chi connectivity index (χ1n) is 4.10. The van der Waals surface area contributed by atoms with E-state index in [-0.39, 0.29) is 12.4 Å². The third-order valence-electron chi connectivity index (χ3n) is 1.78. The predicted octanol–water partition coefficient (Wildman–Crippen LogP) is 1.81. The summed E-state index contributed by atoms with van der Waals surface area (Å²) >= 11 is 6.01. The molecule has 1 aromatic carbocycles. The summed E-state index contributed by atoms with van der Waals surface area (Å²) in [5.74, 6) is 0.113. The summed E-state index contributed by atoms with van der Waals surface area (Å²) < 4.78 is 0. The van der Waals surface area contributed by atoms with Crippen LogP contribution in [0, 0.1) is 6.92 Å². The molecule has 0 unspecified atom stereocenters. The lowest BCUT2D eigenvalue weighted by Crippen LogP contribution is -2.22. The molecule has 0 aliphatic heterocycles. The number of nitrogens with one attached hydrogen (secondary N) is 1. The van der Waals surface area contributed by atoms with Crippen LogP contribution in [0.1, 0.15) is 5.56 Å². The highest BCUT2D eigenvalue weighted by atomic mass is 35.5. The number of benzene rings is 1. The number of aryl methyl sites for hydroxylation is 1. The fraction of sp³-hybridized carbons (Fsp3) is 0.222. The summed E-state index contributed by atoms with van der Waals surface area (Å²) in [4.78, 5) is 0. The van der Waals surface area contributed by atoms with Gasteiger partial charge in [0.1, 0.15) is 0 Å². The van der Waals surface area contributed by atoms with Gasteiger partial charge in [-0.1, -0.05) is 28.9 Å². The SMILES string of the molecule is Cc1cccc(NC/C(N)=N/O)c1Cl. The molecule has 4 nitrogen and oxygen atoms in total. The Morgan fingerprint density at radius 3 is 3.00 bits per heavy atom. The maximum Gasteiger partial charge on any atom is 0.158 e. The molecule has 0 radical (unpaired) electrons. The van der Waals surface area contributed by atoms with Crippen molar-refractivity contribution < 1.29 is 5.21 Å². The van der Waals surface area contributed by atoms with Crippen LogP contribution in [0.25, 0.3) is 0 Å². The van der Waals surface area contributed by atoms with E-state index in [4.69, 9.17) is 22.5 Å². The quantitative estimate of drug-likeness (QED) is 0.310. The molecular weight excluding hydrogens is 202 g/mol. The van der Waals surface area contributed by atoms with Gasteiger partial charge in [0.05, 0.1) is 17.3 Å². The Balaban J connectivity index is 2.73. The molecule has 14 heavy (non-hydrogen) atoms. The molecule has 0 aliphatic carbocycles. The van der Waals surface area contributed by atoms with E-state index in [1.807, 2.05) is 25.1 Å². The van der Waals surface area contributed by atoms with E-state index in [2.05, 4.69) is 10.5 Å². The molecule has 0 spiro atoms. The first-order chi connectivity index (χ1) is 6.65. The van der Waals surface area contributed by atoms with Gasteiger partial charge in [-0.25, -0.2) is 0 Å². The average Bonchev–Trinajstić information content (AvgIpc) is 2.20. The van der Waals surface area contributed by atoms with Gasteiger partial charge in [0, 0.05) is 0 Å². The summed E-state index contributed by atoms with van der Waals surface area (Å²) in [6.07, 6.45) is 0. The van der Waals surface area contributed by atoms with E-state index in [0.717, 1.165) is 11.3 Å². The van der Waals surface area contributed by atoms with E-state index in [9.17, 15) is 0 Å². The summed E-state index contributed by atoms with van der Waals surface area (Å²) in [6, 6.07) is 5.63. The third-order valence-corrected chi connectivity index (χ3v) is 2.28. The van der Waals surface area contributed by atoms with Gasteiger partial charge in [-0.2, -0.15) is 0 Å². The molecule has 4 N–H and O–H groups in total. The van der Waals surface area contributed by atoms with Crippen molar-refractivity contribution >= 4 is 23.1 Å².